The summed E-state index contributed by atoms with van der Waals surface area (Å²) in [7, 11) is 0. The van der Waals surface area contributed by atoms with Gasteiger partial charge in [-0.15, -0.1) is 0 Å². The molecule has 0 radical (unpaired) electrons. The highest BCUT2D eigenvalue weighted by molar-refractivity contribution is 5.81. The third kappa shape index (κ3) is 2.61. The maximum absolute atomic E-state index is 12.5. The normalized spacial score (nSPS) is 12.1. The van der Waals surface area contributed by atoms with Gasteiger partial charge < -0.3 is 0 Å². The van der Waals surface area contributed by atoms with E-state index in [-0.39, 0.29) is 12.1 Å². The molecule has 0 atom stereocenters. The summed E-state index contributed by atoms with van der Waals surface area (Å²) < 4.78 is 74.9. The van der Waals surface area contributed by atoms with Crippen molar-refractivity contribution in [1.29, 1.82) is 5.26 Å². The zero-order valence-electron chi connectivity index (χ0n) is 8.36. The number of alkyl halides is 6. The monoisotopic (exact) mass is 267 g/mol. The van der Waals surface area contributed by atoms with Gasteiger partial charge in [-0.2, -0.15) is 31.6 Å². The number of rotatable bonds is 1. The Kier molecular flexibility index (Phi) is 3.37. The van der Waals surface area contributed by atoms with Crippen molar-refractivity contribution in [3.8, 4) is 6.07 Å². The minimum absolute atomic E-state index is 0.207. The summed E-state index contributed by atoms with van der Waals surface area (Å²) in [5.74, 6) is 0. The molecular weight excluding hydrogens is 264 g/mol. The average molecular weight is 267 g/mol. The highest BCUT2D eigenvalue weighted by atomic mass is 19.4. The standard InChI is InChI=1S/C10H3F6NO/c11-9(12,13)7-1-5(3-17)2-8(6(7)4-18)10(14,15)16/h1-2,4H. The molecule has 0 N–H and O–H groups in total. The molecule has 0 aromatic heterocycles. The Morgan fingerprint density at radius 1 is 1.00 bits per heavy atom. The molecule has 0 aliphatic rings. The lowest BCUT2D eigenvalue weighted by atomic mass is 9.98. The number of halogens is 6. The third-order valence-electron chi connectivity index (χ3n) is 2.04. The number of hydrogen-bond acceptors (Lipinski definition) is 2. The van der Waals surface area contributed by atoms with E-state index in [4.69, 9.17) is 5.26 Å². The second-order valence-corrected chi connectivity index (χ2v) is 3.21. The number of carbonyl (C=O) groups excluding carboxylic acids is 1. The largest absolute Gasteiger partial charge is 0.417 e. The van der Waals surface area contributed by atoms with Crippen molar-refractivity contribution in [2.45, 2.75) is 12.4 Å². The van der Waals surface area contributed by atoms with Crippen LogP contribution in [0, 0.1) is 11.3 Å². The second kappa shape index (κ2) is 4.33. The summed E-state index contributed by atoms with van der Waals surface area (Å²) >= 11 is 0. The van der Waals surface area contributed by atoms with Crippen LogP contribution in [0.25, 0.3) is 0 Å². The first-order chi connectivity index (χ1) is 8.11. The van der Waals surface area contributed by atoms with Crippen molar-refractivity contribution in [3.63, 3.8) is 0 Å². The molecule has 0 aliphatic carbocycles. The quantitative estimate of drug-likeness (QED) is 0.578. The lowest BCUT2D eigenvalue weighted by Crippen LogP contribution is -2.16. The summed E-state index contributed by atoms with van der Waals surface area (Å²) in [5.41, 5.74) is -5.89. The van der Waals surface area contributed by atoms with E-state index < -0.39 is 40.9 Å². The fourth-order valence-corrected chi connectivity index (χ4v) is 1.31. The van der Waals surface area contributed by atoms with Crippen LogP contribution in [-0.2, 0) is 12.4 Å². The van der Waals surface area contributed by atoms with Crippen LogP contribution in [0.1, 0.15) is 27.0 Å². The zero-order chi connectivity index (χ0) is 14.1. The fourth-order valence-electron chi connectivity index (χ4n) is 1.31. The minimum Gasteiger partial charge on any atom is -0.298 e. The molecule has 96 valence electrons. The molecule has 0 spiro atoms. The van der Waals surface area contributed by atoms with Crippen molar-refractivity contribution in [2.75, 3.05) is 0 Å². The molecule has 18 heavy (non-hydrogen) atoms. The molecule has 0 saturated heterocycles. The molecule has 0 fully saturated rings. The van der Waals surface area contributed by atoms with E-state index in [0.29, 0.717) is 0 Å². The van der Waals surface area contributed by atoms with Crippen LogP contribution >= 0.6 is 0 Å². The number of hydrogen-bond donors (Lipinski definition) is 0. The topological polar surface area (TPSA) is 40.9 Å². The number of aldehydes is 1. The van der Waals surface area contributed by atoms with Gasteiger partial charge in [-0.25, -0.2) is 0 Å². The second-order valence-electron chi connectivity index (χ2n) is 3.21. The Balaban J connectivity index is 3.73. The lowest BCUT2D eigenvalue weighted by molar-refractivity contribution is -0.143. The zero-order valence-corrected chi connectivity index (χ0v) is 8.36. The SMILES string of the molecule is N#Cc1cc(C(F)(F)F)c(C=O)c(C(F)(F)F)c1. The van der Waals surface area contributed by atoms with Gasteiger partial charge in [0, 0.05) is 5.56 Å². The molecule has 0 bridgehead atoms. The molecule has 0 unspecified atom stereocenters. The summed E-state index contributed by atoms with van der Waals surface area (Å²) in [5, 5.41) is 8.41. The Hall–Kier alpha value is -2.04. The van der Waals surface area contributed by atoms with Gasteiger partial charge >= 0.3 is 12.4 Å². The predicted molar refractivity (Wildman–Crippen MR) is 46.5 cm³/mol. The van der Waals surface area contributed by atoms with Crippen LogP contribution in [0.2, 0.25) is 0 Å². The molecule has 1 aromatic rings. The third-order valence-corrected chi connectivity index (χ3v) is 2.04. The van der Waals surface area contributed by atoms with Gasteiger partial charge in [0.1, 0.15) is 0 Å². The van der Waals surface area contributed by atoms with E-state index >= 15 is 0 Å². The van der Waals surface area contributed by atoms with Crippen molar-refractivity contribution in [2.24, 2.45) is 0 Å². The maximum Gasteiger partial charge on any atom is 0.417 e. The Morgan fingerprint density at radius 3 is 1.61 bits per heavy atom. The Morgan fingerprint density at radius 2 is 1.39 bits per heavy atom. The molecule has 0 aliphatic heterocycles. The maximum atomic E-state index is 12.5. The van der Waals surface area contributed by atoms with Crippen LogP contribution in [0.4, 0.5) is 26.3 Å². The van der Waals surface area contributed by atoms with E-state index in [1.165, 1.54) is 6.07 Å². The van der Waals surface area contributed by atoms with Gasteiger partial charge in [0.15, 0.2) is 6.29 Å². The lowest BCUT2D eigenvalue weighted by Gasteiger charge is -2.15. The van der Waals surface area contributed by atoms with Gasteiger partial charge in [-0.05, 0) is 12.1 Å². The minimum atomic E-state index is -5.15. The van der Waals surface area contributed by atoms with E-state index in [1.54, 1.807) is 0 Å². The molecule has 2 nitrogen and oxygen atoms in total. The van der Waals surface area contributed by atoms with Crippen molar-refractivity contribution in [1.82, 2.24) is 0 Å². The van der Waals surface area contributed by atoms with Crippen molar-refractivity contribution in [3.05, 3.63) is 34.4 Å². The average Bonchev–Trinajstić information content (AvgIpc) is 2.24. The van der Waals surface area contributed by atoms with Crippen molar-refractivity contribution < 1.29 is 31.1 Å². The summed E-state index contributed by atoms with van der Waals surface area (Å²) in [6, 6.07) is 1.60. The molecular formula is C10H3F6NO. The van der Waals surface area contributed by atoms with Crippen molar-refractivity contribution >= 4 is 6.29 Å². The van der Waals surface area contributed by atoms with E-state index in [1.807, 2.05) is 0 Å². The van der Waals surface area contributed by atoms with E-state index in [0.717, 1.165) is 0 Å². The van der Waals surface area contributed by atoms with Crippen LogP contribution in [0.3, 0.4) is 0 Å². The molecule has 0 saturated carbocycles. The van der Waals surface area contributed by atoms with Gasteiger partial charge in [0.05, 0.1) is 22.8 Å². The Labute approximate surface area is 96.4 Å². The molecule has 0 heterocycles. The van der Waals surface area contributed by atoms with Crippen LogP contribution in [-0.4, -0.2) is 6.29 Å². The summed E-state index contributed by atoms with van der Waals surface area (Å²) in [6.45, 7) is 0. The number of nitriles is 1. The number of carbonyl (C=O) groups is 1. The summed E-state index contributed by atoms with van der Waals surface area (Å²) in [6.07, 6.45) is -10.8. The van der Waals surface area contributed by atoms with Gasteiger partial charge in [0.2, 0.25) is 0 Å². The molecule has 8 heteroatoms. The Bertz CT molecular complexity index is 488. The van der Waals surface area contributed by atoms with E-state index in [9.17, 15) is 31.1 Å². The summed E-state index contributed by atoms with van der Waals surface area (Å²) in [4.78, 5) is 10.5. The van der Waals surface area contributed by atoms with Gasteiger partial charge in [-0.1, -0.05) is 0 Å². The molecule has 0 amide bonds. The molecule has 1 aromatic carbocycles. The first kappa shape index (κ1) is 14.0. The number of benzene rings is 1. The number of nitrogens with zero attached hydrogens (tertiary/aromatic N) is 1. The first-order valence-corrected chi connectivity index (χ1v) is 4.29. The van der Waals surface area contributed by atoms with Gasteiger partial charge in [-0.3, -0.25) is 4.79 Å². The van der Waals surface area contributed by atoms with E-state index in [2.05, 4.69) is 0 Å². The highest BCUT2D eigenvalue weighted by Gasteiger charge is 2.41. The highest BCUT2D eigenvalue weighted by Crippen LogP contribution is 2.39. The van der Waals surface area contributed by atoms with Gasteiger partial charge in [0.25, 0.3) is 0 Å². The smallest absolute Gasteiger partial charge is 0.298 e. The predicted octanol–water partition coefficient (Wildman–Crippen LogP) is 3.41. The fraction of sp³-hybridized carbons (Fsp3) is 0.200. The van der Waals surface area contributed by atoms with Crippen LogP contribution in [0.15, 0.2) is 12.1 Å². The first-order valence-electron chi connectivity index (χ1n) is 4.29. The van der Waals surface area contributed by atoms with Crippen LogP contribution < -0.4 is 0 Å². The molecule has 1 rings (SSSR count). The van der Waals surface area contributed by atoms with Crippen LogP contribution in [0.5, 0.6) is 0 Å².